The van der Waals surface area contributed by atoms with E-state index < -0.39 is 11.7 Å². The van der Waals surface area contributed by atoms with Gasteiger partial charge in [-0.1, -0.05) is 24.3 Å². The summed E-state index contributed by atoms with van der Waals surface area (Å²) < 4.78 is 8.15. The maximum absolute atomic E-state index is 13.7. The molecule has 2 aromatic carbocycles. The molecule has 0 bridgehead atoms. The lowest BCUT2D eigenvalue weighted by Gasteiger charge is -2.32. The standard InChI is InChI=1S/C31H42IN7O4/c1-8-37(30(42)43-31(3,4)5)14-13-33-27(40)19-38(25-16-24-26(15-21(25)2)35(6)34-29(24)32)20-28(41)36(7)39-17-22-11-9-10-12-23(22)18-39/h9-12,15-16H,8,13-14,17-20H2,1-7H3,(H,33,40). The van der Waals surface area contributed by atoms with Crippen molar-refractivity contribution in [1.29, 1.82) is 0 Å². The fourth-order valence-electron chi connectivity index (χ4n) is 5.14. The molecule has 11 nitrogen and oxygen atoms in total. The second kappa shape index (κ2) is 13.5. The number of carbonyl (C=O) groups is 3. The van der Waals surface area contributed by atoms with Crippen LogP contribution in [0.25, 0.3) is 10.9 Å². The Morgan fingerprint density at radius 2 is 1.74 bits per heavy atom. The summed E-state index contributed by atoms with van der Waals surface area (Å²) in [4.78, 5) is 42.8. The third-order valence-corrected chi connectivity index (χ3v) is 8.27. The number of anilines is 1. The first-order chi connectivity index (χ1) is 20.3. The molecule has 0 atom stereocenters. The van der Waals surface area contributed by atoms with Crippen LogP contribution in [0.1, 0.15) is 44.4 Å². The number of aryl methyl sites for hydroxylation is 2. The highest BCUT2D eigenvalue weighted by molar-refractivity contribution is 14.1. The number of halogens is 1. The molecular formula is C31H42IN7O4. The van der Waals surface area contributed by atoms with Crippen LogP contribution in [-0.4, -0.2) is 88.0 Å². The van der Waals surface area contributed by atoms with Crippen LogP contribution in [0.3, 0.4) is 0 Å². The Bertz CT molecular complexity index is 1470. The van der Waals surface area contributed by atoms with E-state index in [1.165, 1.54) is 11.1 Å². The van der Waals surface area contributed by atoms with Gasteiger partial charge in [-0.15, -0.1) is 0 Å². The third kappa shape index (κ3) is 7.96. The average Bonchev–Trinajstić information content (AvgIpc) is 3.48. The number of ether oxygens (including phenoxy) is 1. The number of hydrazine groups is 1. The Balaban J connectivity index is 1.49. The number of benzene rings is 2. The van der Waals surface area contributed by atoms with Crippen molar-refractivity contribution in [3.8, 4) is 0 Å². The summed E-state index contributed by atoms with van der Waals surface area (Å²) in [5.41, 5.74) is 4.53. The van der Waals surface area contributed by atoms with Crippen LogP contribution < -0.4 is 10.2 Å². The Morgan fingerprint density at radius 1 is 1.09 bits per heavy atom. The first-order valence-electron chi connectivity index (χ1n) is 14.5. The van der Waals surface area contributed by atoms with Crippen molar-refractivity contribution in [2.45, 2.75) is 53.3 Å². The molecule has 0 radical (unpaired) electrons. The van der Waals surface area contributed by atoms with Crippen molar-refractivity contribution in [2.24, 2.45) is 7.05 Å². The molecule has 2 heterocycles. The highest BCUT2D eigenvalue weighted by Gasteiger charge is 2.28. The summed E-state index contributed by atoms with van der Waals surface area (Å²) >= 11 is 2.21. The van der Waals surface area contributed by atoms with Gasteiger partial charge in [-0.05, 0) is 86.0 Å². The SMILES string of the molecule is CCN(CCNC(=O)CN(CC(=O)N(C)N1Cc2ccccc2C1)c1cc2c(I)nn(C)c2cc1C)C(=O)OC(C)(C)C. The zero-order valence-corrected chi connectivity index (χ0v) is 28.3. The molecule has 3 aromatic rings. The second-order valence-corrected chi connectivity index (χ2v) is 12.9. The van der Waals surface area contributed by atoms with Gasteiger partial charge < -0.3 is 19.9 Å². The summed E-state index contributed by atoms with van der Waals surface area (Å²) in [6.07, 6.45) is -0.418. The number of carbonyl (C=O) groups excluding carboxylic acids is 3. The van der Waals surface area contributed by atoms with Crippen LogP contribution in [0.2, 0.25) is 0 Å². The Kier molecular flexibility index (Phi) is 10.2. The molecule has 1 aliphatic heterocycles. The van der Waals surface area contributed by atoms with Gasteiger partial charge in [0.1, 0.15) is 9.30 Å². The lowest BCUT2D eigenvalue weighted by atomic mass is 10.1. The molecule has 232 valence electrons. The smallest absolute Gasteiger partial charge is 0.410 e. The van der Waals surface area contributed by atoms with Gasteiger partial charge in [0.25, 0.3) is 5.91 Å². The highest BCUT2D eigenvalue weighted by atomic mass is 127. The number of hydrogen-bond acceptors (Lipinski definition) is 7. The van der Waals surface area contributed by atoms with Crippen LogP contribution >= 0.6 is 22.6 Å². The van der Waals surface area contributed by atoms with Gasteiger partial charge in [-0.2, -0.15) is 5.10 Å². The fraction of sp³-hybridized carbons (Fsp3) is 0.484. The Morgan fingerprint density at radius 3 is 2.35 bits per heavy atom. The highest BCUT2D eigenvalue weighted by Crippen LogP contribution is 2.30. The van der Waals surface area contributed by atoms with Crippen molar-refractivity contribution in [2.75, 3.05) is 44.7 Å². The molecule has 1 N–H and O–H groups in total. The lowest BCUT2D eigenvalue weighted by molar-refractivity contribution is -0.145. The van der Waals surface area contributed by atoms with Gasteiger partial charge in [0.2, 0.25) is 5.91 Å². The predicted molar refractivity (Wildman–Crippen MR) is 175 cm³/mol. The third-order valence-electron chi connectivity index (χ3n) is 7.47. The largest absolute Gasteiger partial charge is 0.444 e. The number of likely N-dealkylation sites (N-methyl/N-ethyl adjacent to an activating group) is 2. The summed E-state index contributed by atoms with van der Waals surface area (Å²) in [6.45, 7) is 11.6. The minimum Gasteiger partial charge on any atom is -0.444 e. The number of hydrogen-bond donors (Lipinski definition) is 1. The predicted octanol–water partition coefficient (Wildman–Crippen LogP) is 4.06. The van der Waals surface area contributed by atoms with E-state index in [4.69, 9.17) is 4.74 Å². The topological polar surface area (TPSA) is 103 Å². The molecular weight excluding hydrogens is 661 g/mol. The monoisotopic (exact) mass is 703 g/mol. The van der Waals surface area contributed by atoms with Gasteiger partial charge in [-0.25, -0.2) is 9.80 Å². The van der Waals surface area contributed by atoms with E-state index >= 15 is 0 Å². The average molecular weight is 704 g/mol. The van der Waals surface area contributed by atoms with E-state index in [1.807, 2.05) is 80.5 Å². The maximum Gasteiger partial charge on any atom is 0.410 e. The van der Waals surface area contributed by atoms with Gasteiger partial charge in [0.15, 0.2) is 0 Å². The quantitative estimate of drug-likeness (QED) is 0.318. The molecule has 4 rings (SSSR count). The normalized spacial score (nSPS) is 13.1. The molecule has 0 spiro atoms. The zero-order chi connectivity index (χ0) is 31.5. The molecule has 1 aliphatic rings. The maximum atomic E-state index is 13.7. The number of rotatable bonds is 10. The van der Waals surface area contributed by atoms with Crippen LogP contribution in [-0.2, 0) is 34.5 Å². The van der Waals surface area contributed by atoms with E-state index in [0.717, 1.165) is 25.9 Å². The summed E-state index contributed by atoms with van der Waals surface area (Å²) in [5.74, 6) is -0.368. The zero-order valence-electron chi connectivity index (χ0n) is 26.1. The van der Waals surface area contributed by atoms with E-state index in [-0.39, 0.29) is 31.4 Å². The summed E-state index contributed by atoms with van der Waals surface area (Å²) in [5, 5.41) is 12.1. The number of aromatic nitrogens is 2. The minimum absolute atomic E-state index is 0.0128. The second-order valence-electron chi connectivity index (χ2n) is 11.8. The van der Waals surface area contributed by atoms with Gasteiger partial charge in [0.05, 0.1) is 18.6 Å². The molecule has 0 saturated carbocycles. The molecule has 0 aliphatic carbocycles. The molecule has 0 unspecified atom stereocenters. The molecule has 12 heteroatoms. The van der Waals surface area contributed by atoms with E-state index in [9.17, 15) is 14.4 Å². The number of fused-ring (bicyclic) bond motifs is 2. The van der Waals surface area contributed by atoms with Gasteiger partial charge >= 0.3 is 6.09 Å². The minimum atomic E-state index is -0.600. The van der Waals surface area contributed by atoms with Gasteiger partial charge in [0, 0.05) is 57.9 Å². The summed E-state index contributed by atoms with van der Waals surface area (Å²) in [6, 6.07) is 12.2. The number of nitrogens with zero attached hydrogens (tertiary/aromatic N) is 6. The van der Waals surface area contributed by atoms with Crippen molar-refractivity contribution < 1.29 is 19.1 Å². The van der Waals surface area contributed by atoms with Gasteiger partial charge in [-0.3, -0.25) is 19.3 Å². The van der Waals surface area contributed by atoms with E-state index in [2.05, 4.69) is 45.1 Å². The van der Waals surface area contributed by atoms with Crippen LogP contribution in [0, 0.1) is 10.6 Å². The Hall–Kier alpha value is -3.39. The van der Waals surface area contributed by atoms with Crippen molar-refractivity contribution in [1.82, 2.24) is 30.0 Å². The summed E-state index contributed by atoms with van der Waals surface area (Å²) in [7, 11) is 3.68. The lowest BCUT2D eigenvalue weighted by Crippen LogP contribution is -2.48. The van der Waals surface area contributed by atoms with Crippen LogP contribution in [0.5, 0.6) is 0 Å². The molecule has 43 heavy (non-hydrogen) atoms. The van der Waals surface area contributed by atoms with Crippen LogP contribution in [0.15, 0.2) is 36.4 Å². The number of amides is 3. The van der Waals surface area contributed by atoms with Crippen molar-refractivity contribution >= 4 is 57.1 Å². The fourth-order valence-corrected chi connectivity index (χ4v) is 5.89. The Labute approximate surface area is 267 Å². The van der Waals surface area contributed by atoms with E-state index in [0.29, 0.717) is 26.2 Å². The molecule has 0 saturated heterocycles. The van der Waals surface area contributed by atoms with Crippen molar-refractivity contribution in [3.05, 3.63) is 56.8 Å². The number of nitrogens with one attached hydrogen (secondary N) is 1. The molecule has 0 fully saturated rings. The van der Waals surface area contributed by atoms with Crippen LogP contribution in [0.4, 0.5) is 10.5 Å². The van der Waals surface area contributed by atoms with Crippen molar-refractivity contribution in [3.63, 3.8) is 0 Å². The first kappa shape index (κ1) is 32.5. The molecule has 1 aromatic heterocycles. The molecule has 3 amide bonds. The first-order valence-corrected chi connectivity index (χ1v) is 15.6. The van der Waals surface area contributed by atoms with E-state index in [1.54, 1.807) is 17.0 Å².